The lowest BCUT2D eigenvalue weighted by molar-refractivity contribution is -0.169. The molecule has 0 aromatic heterocycles. The minimum absolute atomic E-state index is 0.0544. The smallest absolute Gasteiger partial charge is 0.311 e. The van der Waals surface area contributed by atoms with Crippen molar-refractivity contribution in [3.8, 4) is 0 Å². The second kappa shape index (κ2) is 6.27. The van der Waals surface area contributed by atoms with E-state index in [2.05, 4.69) is 6.92 Å². The van der Waals surface area contributed by atoms with Crippen molar-refractivity contribution in [1.29, 1.82) is 0 Å². The minimum Gasteiger partial charge on any atom is -0.459 e. The van der Waals surface area contributed by atoms with E-state index in [-0.39, 0.29) is 17.0 Å². The van der Waals surface area contributed by atoms with E-state index in [1.54, 1.807) is 0 Å². The summed E-state index contributed by atoms with van der Waals surface area (Å²) < 4.78 is 5.67. The number of ether oxygens (including phenoxy) is 1. The van der Waals surface area contributed by atoms with Crippen LogP contribution in [-0.4, -0.2) is 11.6 Å². The van der Waals surface area contributed by atoms with Gasteiger partial charge in [0.05, 0.1) is 5.41 Å². The molecule has 1 saturated carbocycles. The van der Waals surface area contributed by atoms with E-state index in [1.165, 1.54) is 12.8 Å². The van der Waals surface area contributed by atoms with Crippen LogP contribution in [0.2, 0.25) is 0 Å². The first-order chi connectivity index (χ1) is 7.40. The quantitative estimate of drug-likeness (QED) is 0.658. The molecule has 0 amide bonds. The van der Waals surface area contributed by atoms with Crippen LogP contribution < -0.4 is 0 Å². The van der Waals surface area contributed by atoms with E-state index in [9.17, 15) is 4.79 Å². The molecule has 1 rings (SSSR count). The molecule has 0 N–H and O–H groups in total. The van der Waals surface area contributed by atoms with Gasteiger partial charge in [0.1, 0.15) is 5.60 Å². The molecule has 0 aromatic rings. The summed E-state index contributed by atoms with van der Waals surface area (Å²) in [6.07, 6.45) is 5.45. The van der Waals surface area contributed by atoms with E-state index in [1.807, 2.05) is 34.6 Å². The first kappa shape index (κ1) is 15.5. The summed E-state index contributed by atoms with van der Waals surface area (Å²) in [5.74, 6) is -0.0544. The van der Waals surface area contributed by atoms with Crippen LogP contribution in [0.1, 0.15) is 73.6 Å². The van der Waals surface area contributed by atoms with Crippen molar-refractivity contribution in [1.82, 2.24) is 0 Å². The highest BCUT2D eigenvalue weighted by Gasteiger charge is 2.38. The standard InChI is InChI=1S/C12H22O2.C2H6/c1-5-12(8-6-7-9-12)14-10(13)11(2,3)4;1-2/h5-9H2,1-4H3;1-2H3. The van der Waals surface area contributed by atoms with Gasteiger partial charge in [-0.3, -0.25) is 4.79 Å². The number of carbonyl (C=O) groups is 1. The molecule has 0 bridgehead atoms. The van der Waals surface area contributed by atoms with Gasteiger partial charge in [-0.05, 0) is 52.9 Å². The van der Waals surface area contributed by atoms with E-state index in [4.69, 9.17) is 4.74 Å². The Balaban J connectivity index is 0.00000106. The molecule has 1 fully saturated rings. The van der Waals surface area contributed by atoms with Crippen molar-refractivity contribution in [3.05, 3.63) is 0 Å². The van der Waals surface area contributed by atoms with Crippen molar-refractivity contribution in [2.75, 3.05) is 0 Å². The summed E-state index contributed by atoms with van der Waals surface area (Å²) in [5, 5.41) is 0. The molecular weight excluding hydrogens is 200 g/mol. The molecule has 96 valence electrons. The Morgan fingerprint density at radius 2 is 1.62 bits per heavy atom. The third-order valence-electron chi connectivity index (χ3n) is 3.08. The van der Waals surface area contributed by atoms with Gasteiger partial charge in [0.2, 0.25) is 0 Å². The predicted octanol–water partition coefficient (Wildman–Crippen LogP) is 4.32. The molecule has 2 nitrogen and oxygen atoms in total. The molecule has 0 spiro atoms. The second-order valence-corrected chi connectivity index (χ2v) is 5.38. The first-order valence-corrected chi connectivity index (χ1v) is 6.63. The summed E-state index contributed by atoms with van der Waals surface area (Å²) in [5.41, 5.74) is -0.505. The fourth-order valence-corrected chi connectivity index (χ4v) is 1.90. The van der Waals surface area contributed by atoms with E-state index in [0.29, 0.717) is 0 Å². The van der Waals surface area contributed by atoms with Crippen molar-refractivity contribution in [2.24, 2.45) is 5.41 Å². The molecule has 0 atom stereocenters. The number of hydrogen-bond acceptors (Lipinski definition) is 2. The number of hydrogen-bond donors (Lipinski definition) is 0. The highest BCUT2D eigenvalue weighted by Crippen LogP contribution is 2.37. The maximum absolute atomic E-state index is 11.8. The largest absolute Gasteiger partial charge is 0.459 e. The second-order valence-electron chi connectivity index (χ2n) is 5.38. The van der Waals surface area contributed by atoms with Crippen LogP contribution in [0, 0.1) is 5.41 Å². The first-order valence-electron chi connectivity index (χ1n) is 6.63. The van der Waals surface area contributed by atoms with Crippen LogP contribution in [0.15, 0.2) is 0 Å². The Bertz CT molecular complexity index is 207. The zero-order valence-electron chi connectivity index (χ0n) is 11.9. The zero-order chi connectivity index (χ0) is 12.8. The number of esters is 1. The molecule has 16 heavy (non-hydrogen) atoms. The van der Waals surface area contributed by atoms with Gasteiger partial charge >= 0.3 is 5.97 Å². The molecule has 0 saturated heterocycles. The van der Waals surface area contributed by atoms with Crippen LogP contribution in [0.5, 0.6) is 0 Å². The van der Waals surface area contributed by atoms with Crippen LogP contribution in [-0.2, 0) is 9.53 Å². The molecule has 1 aliphatic rings. The Hall–Kier alpha value is -0.530. The normalized spacial score (nSPS) is 18.6. The number of rotatable bonds is 2. The lowest BCUT2D eigenvalue weighted by Gasteiger charge is -2.31. The van der Waals surface area contributed by atoms with Gasteiger partial charge in [0.15, 0.2) is 0 Å². The molecule has 0 aliphatic heterocycles. The van der Waals surface area contributed by atoms with Gasteiger partial charge in [-0.1, -0.05) is 20.8 Å². The lowest BCUT2D eigenvalue weighted by Crippen LogP contribution is -2.36. The molecule has 0 heterocycles. The Morgan fingerprint density at radius 1 is 1.19 bits per heavy atom. The fraction of sp³-hybridized carbons (Fsp3) is 0.929. The fourth-order valence-electron chi connectivity index (χ4n) is 1.90. The van der Waals surface area contributed by atoms with Gasteiger partial charge in [0.25, 0.3) is 0 Å². The number of carbonyl (C=O) groups excluding carboxylic acids is 1. The Kier molecular flexibility index (Phi) is 6.06. The van der Waals surface area contributed by atoms with Crippen molar-refractivity contribution in [2.45, 2.75) is 79.2 Å². The van der Waals surface area contributed by atoms with Crippen LogP contribution >= 0.6 is 0 Å². The third kappa shape index (κ3) is 4.15. The topological polar surface area (TPSA) is 26.3 Å². The van der Waals surface area contributed by atoms with Crippen LogP contribution in [0.25, 0.3) is 0 Å². The average molecular weight is 228 g/mol. The Labute approximate surface area is 101 Å². The van der Waals surface area contributed by atoms with E-state index >= 15 is 0 Å². The van der Waals surface area contributed by atoms with Gasteiger partial charge in [-0.2, -0.15) is 0 Å². The van der Waals surface area contributed by atoms with Gasteiger partial charge < -0.3 is 4.74 Å². The maximum atomic E-state index is 11.8. The molecule has 0 unspecified atom stereocenters. The van der Waals surface area contributed by atoms with E-state index in [0.717, 1.165) is 19.3 Å². The summed E-state index contributed by atoms with van der Waals surface area (Å²) in [4.78, 5) is 11.8. The van der Waals surface area contributed by atoms with Gasteiger partial charge in [-0.15, -0.1) is 0 Å². The van der Waals surface area contributed by atoms with Crippen molar-refractivity contribution < 1.29 is 9.53 Å². The SMILES string of the molecule is CC.CCC1(OC(=O)C(C)(C)C)CCCC1. The summed E-state index contributed by atoms with van der Waals surface area (Å²) in [6, 6.07) is 0. The average Bonchev–Trinajstić information content (AvgIpc) is 2.69. The molecular formula is C14H28O2. The Morgan fingerprint density at radius 3 is 1.94 bits per heavy atom. The van der Waals surface area contributed by atoms with Crippen LogP contribution in [0.4, 0.5) is 0 Å². The molecule has 0 aromatic carbocycles. The predicted molar refractivity (Wildman–Crippen MR) is 68.4 cm³/mol. The summed E-state index contributed by atoms with van der Waals surface area (Å²) >= 11 is 0. The zero-order valence-corrected chi connectivity index (χ0v) is 11.9. The van der Waals surface area contributed by atoms with Gasteiger partial charge in [0, 0.05) is 0 Å². The molecule has 0 radical (unpaired) electrons. The summed E-state index contributed by atoms with van der Waals surface area (Å²) in [7, 11) is 0. The highest BCUT2D eigenvalue weighted by atomic mass is 16.6. The lowest BCUT2D eigenvalue weighted by atomic mass is 9.94. The van der Waals surface area contributed by atoms with Crippen LogP contribution in [0.3, 0.4) is 0 Å². The molecule has 1 aliphatic carbocycles. The maximum Gasteiger partial charge on any atom is 0.311 e. The highest BCUT2D eigenvalue weighted by molar-refractivity contribution is 5.75. The summed E-state index contributed by atoms with van der Waals surface area (Å²) in [6.45, 7) is 11.8. The minimum atomic E-state index is -0.370. The van der Waals surface area contributed by atoms with Gasteiger partial charge in [-0.25, -0.2) is 0 Å². The van der Waals surface area contributed by atoms with Crippen molar-refractivity contribution in [3.63, 3.8) is 0 Å². The molecule has 2 heteroatoms. The third-order valence-corrected chi connectivity index (χ3v) is 3.08. The van der Waals surface area contributed by atoms with Crippen molar-refractivity contribution >= 4 is 5.97 Å². The monoisotopic (exact) mass is 228 g/mol. The van der Waals surface area contributed by atoms with E-state index < -0.39 is 0 Å².